The maximum absolute atomic E-state index is 13.7. The molecule has 0 unspecified atom stereocenters. The first-order chi connectivity index (χ1) is 13.4. The van der Waals surface area contributed by atoms with Gasteiger partial charge in [0.15, 0.2) is 6.61 Å². The zero-order valence-corrected chi connectivity index (χ0v) is 16.0. The molecule has 1 amide bonds. The van der Waals surface area contributed by atoms with Crippen LogP contribution in [0.15, 0.2) is 24.3 Å². The number of anilines is 1. The van der Waals surface area contributed by atoms with Crippen LogP contribution in [0.2, 0.25) is 0 Å². The van der Waals surface area contributed by atoms with E-state index in [0.29, 0.717) is 10.8 Å². The number of nitrogens with zero attached hydrogens (tertiary/aromatic N) is 1. The van der Waals surface area contributed by atoms with Crippen LogP contribution in [-0.4, -0.2) is 23.4 Å². The number of nitro benzene ring substituents is 1. The van der Waals surface area contributed by atoms with Crippen LogP contribution in [0.4, 0.5) is 15.8 Å². The second-order valence-electron chi connectivity index (χ2n) is 6.62. The molecule has 1 aromatic heterocycles. The molecule has 1 atom stereocenters. The fourth-order valence-corrected chi connectivity index (χ4v) is 4.26. The Morgan fingerprint density at radius 1 is 1.39 bits per heavy atom. The van der Waals surface area contributed by atoms with Gasteiger partial charge in [-0.25, -0.2) is 9.18 Å². The van der Waals surface area contributed by atoms with Crippen molar-refractivity contribution in [3.05, 3.63) is 55.5 Å². The zero-order valence-electron chi connectivity index (χ0n) is 15.2. The second-order valence-corrected chi connectivity index (χ2v) is 7.76. The van der Waals surface area contributed by atoms with Crippen molar-refractivity contribution in [3.63, 3.8) is 0 Å². The Bertz CT molecular complexity index is 927. The van der Waals surface area contributed by atoms with Crippen molar-refractivity contribution in [2.45, 2.75) is 32.6 Å². The molecule has 7 nitrogen and oxygen atoms in total. The lowest BCUT2D eigenvalue weighted by Gasteiger charge is -2.19. The number of fused-ring (bicyclic) bond motifs is 1. The molecule has 0 aliphatic heterocycles. The summed E-state index contributed by atoms with van der Waals surface area (Å²) in [5.74, 6) is -1.58. The van der Waals surface area contributed by atoms with E-state index in [-0.39, 0.29) is 11.4 Å². The van der Waals surface area contributed by atoms with Gasteiger partial charge in [0.1, 0.15) is 10.7 Å². The highest BCUT2D eigenvalue weighted by atomic mass is 32.1. The van der Waals surface area contributed by atoms with E-state index >= 15 is 0 Å². The highest BCUT2D eigenvalue weighted by molar-refractivity contribution is 7.14. The number of amides is 1. The molecule has 1 aromatic carbocycles. The maximum atomic E-state index is 13.7. The Kier molecular flexibility index (Phi) is 6.03. The molecule has 1 heterocycles. The summed E-state index contributed by atoms with van der Waals surface area (Å²) >= 11 is 1.38. The molecule has 148 valence electrons. The van der Waals surface area contributed by atoms with Crippen LogP contribution in [0, 0.1) is 21.8 Å². The van der Waals surface area contributed by atoms with Gasteiger partial charge in [-0.05, 0) is 42.9 Å². The van der Waals surface area contributed by atoms with Gasteiger partial charge in [-0.3, -0.25) is 14.9 Å². The zero-order chi connectivity index (χ0) is 20.3. The van der Waals surface area contributed by atoms with Crippen LogP contribution in [0.3, 0.4) is 0 Å². The molecule has 3 rings (SSSR count). The molecule has 0 fully saturated rings. The third kappa shape index (κ3) is 4.53. The first-order valence-electron chi connectivity index (χ1n) is 8.89. The van der Waals surface area contributed by atoms with Crippen molar-refractivity contribution in [1.82, 2.24) is 0 Å². The first-order valence-corrected chi connectivity index (χ1v) is 9.71. The van der Waals surface area contributed by atoms with Gasteiger partial charge in [-0.2, -0.15) is 0 Å². The first kappa shape index (κ1) is 19.9. The smallest absolute Gasteiger partial charge is 0.348 e. The minimum absolute atomic E-state index is 0.340. The molecule has 2 aromatic rings. The number of aryl methyl sites for hydroxylation is 1. The number of carbonyl (C=O) groups is 2. The summed E-state index contributed by atoms with van der Waals surface area (Å²) in [7, 11) is 0. The van der Waals surface area contributed by atoms with Crippen molar-refractivity contribution < 1.29 is 23.6 Å². The normalized spacial score (nSPS) is 15.6. The second kappa shape index (κ2) is 8.47. The van der Waals surface area contributed by atoms with E-state index in [1.807, 2.05) is 6.07 Å². The summed E-state index contributed by atoms with van der Waals surface area (Å²) in [6.07, 6.45) is 4.10. The molecule has 0 bridgehead atoms. The van der Waals surface area contributed by atoms with Gasteiger partial charge in [0, 0.05) is 17.0 Å². The Morgan fingerprint density at radius 2 is 2.18 bits per heavy atom. The quantitative estimate of drug-likeness (QED) is 0.442. The van der Waals surface area contributed by atoms with E-state index < -0.39 is 29.2 Å². The maximum Gasteiger partial charge on any atom is 0.348 e. The largest absolute Gasteiger partial charge is 0.451 e. The number of hydrogen-bond acceptors (Lipinski definition) is 6. The summed E-state index contributed by atoms with van der Waals surface area (Å²) in [6, 6.07) is 4.61. The van der Waals surface area contributed by atoms with E-state index in [1.54, 1.807) is 0 Å². The van der Waals surface area contributed by atoms with Gasteiger partial charge in [0.2, 0.25) is 0 Å². The monoisotopic (exact) mass is 406 g/mol. The number of non-ortho nitro benzene ring substituents is 1. The van der Waals surface area contributed by atoms with Crippen molar-refractivity contribution in [2.24, 2.45) is 5.92 Å². The van der Waals surface area contributed by atoms with Crippen LogP contribution < -0.4 is 5.32 Å². The number of thiophene rings is 1. The van der Waals surface area contributed by atoms with Crippen LogP contribution in [0.5, 0.6) is 0 Å². The van der Waals surface area contributed by atoms with Crippen LogP contribution in [0.25, 0.3) is 0 Å². The molecule has 0 radical (unpaired) electrons. The highest BCUT2D eigenvalue weighted by Gasteiger charge is 2.23. The van der Waals surface area contributed by atoms with Gasteiger partial charge in [0.05, 0.1) is 10.6 Å². The average Bonchev–Trinajstić information content (AvgIpc) is 3.10. The number of rotatable bonds is 6. The summed E-state index contributed by atoms with van der Waals surface area (Å²) in [5.41, 5.74) is 0.467. The van der Waals surface area contributed by atoms with E-state index in [1.165, 1.54) is 16.2 Å². The molecule has 0 spiro atoms. The standard InChI is InChI=1S/C19H19FN2O5S/c1-2-11-3-6-16-12(7-11)8-17(28-16)19(24)27-10-18(23)21-15-9-13(22(25)26)4-5-14(15)20/h4-5,8-9,11H,2-3,6-7,10H2,1H3,(H,21,23)/t11-/m1/s1. The predicted molar refractivity (Wildman–Crippen MR) is 102 cm³/mol. The van der Waals surface area contributed by atoms with Crippen molar-refractivity contribution in [3.8, 4) is 0 Å². The summed E-state index contributed by atoms with van der Waals surface area (Å²) in [6.45, 7) is 1.54. The third-order valence-corrected chi connectivity index (χ3v) is 5.95. The fourth-order valence-electron chi connectivity index (χ4n) is 3.16. The lowest BCUT2D eigenvalue weighted by atomic mass is 9.87. The highest BCUT2D eigenvalue weighted by Crippen LogP contribution is 2.33. The molecular formula is C19H19FN2O5S. The third-order valence-electron chi connectivity index (χ3n) is 4.73. The van der Waals surface area contributed by atoms with Crippen molar-refractivity contribution in [2.75, 3.05) is 11.9 Å². The van der Waals surface area contributed by atoms with Gasteiger partial charge >= 0.3 is 5.97 Å². The number of hydrogen-bond donors (Lipinski definition) is 1. The van der Waals surface area contributed by atoms with E-state index in [0.717, 1.165) is 49.4 Å². The van der Waals surface area contributed by atoms with Crippen molar-refractivity contribution in [1.29, 1.82) is 0 Å². The average molecular weight is 406 g/mol. The lowest BCUT2D eigenvalue weighted by Crippen LogP contribution is -2.21. The molecule has 0 saturated heterocycles. The van der Waals surface area contributed by atoms with E-state index in [2.05, 4.69) is 12.2 Å². The molecule has 28 heavy (non-hydrogen) atoms. The number of benzene rings is 1. The topological polar surface area (TPSA) is 98.5 Å². The van der Waals surface area contributed by atoms with Gasteiger partial charge in [0.25, 0.3) is 11.6 Å². The number of nitro groups is 1. The number of esters is 1. The Hall–Kier alpha value is -2.81. The molecule has 1 N–H and O–H groups in total. The molecular weight excluding hydrogens is 387 g/mol. The van der Waals surface area contributed by atoms with Gasteiger partial charge in [-0.15, -0.1) is 11.3 Å². The summed E-state index contributed by atoms with van der Waals surface area (Å²) < 4.78 is 18.7. The Labute approximate surface area is 164 Å². The van der Waals surface area contributed by atoms with Crippen LogP contribution in [0.1, 0.15) is 39.9 Å². The van der Waals surface area contributed by atoms with Crippen LogP contribution >= 0.6 is 11.3 Å². The Balaban J connectivity index is 1.58. The number of ether oxygens (including phenoxy) is 1. The summed E-state index contributed by atoms with van der Waals surface area (Å²) in [5, 5.41) is 12.9. The molecule has 9 heteroatoms. The molecule has 1 aliphatic carbocycles. The minimum atomic E-state index is -0.818. The summed E-state index contributed by atoms with van der Waals surface area (Å²) in [4.78, 5) is 35.8. The lowest BCUT2D eigenvalue weighted by molar-refractivity contribution is -0.384. The number of carbonyl (C=O) groups excluding carboxylic acids is 2. The Morgan fingerprint density at radius 3 is 2.89 bits per heavy atom. The molecule has 1 aliphatic rings. The predicted octanol–water partition coefficient (Wildman–Crippen LogP) is 4.11. The molecule has 0 saturated carbocycles. The van der Waals surface area contributed by atoms with Gasteiger partial charge in [-0.1, -0.05) is 13.3 Å². The van der Waals surface area contributed by atoms with Crippen LogP contribution in [-0.2, 0) is 22.4 Å². The number of nitrogens with one attached hydrogen (secondary N) is 1. The minimum Gasteiger partial charge on any atom is -0.451 e. The SMILES string of the molecule is CC[C@@H]1CCc2sc(C(=O)OCC(=O)Nc3cc([N+](=O)[O-])ccc3F)cc2C1. The van der Waals surface area contributed by atoms with Gasteiger partial charge < -0.3 is 10.1 Å². The van der Waals surface area contributed by atoms with E-state index in [4.69, 9.17) is 4.74 Å². The fraction of sp³-hybridized carbons (Fsp3) is 0.368. The van der Waals surface area contributed by atoms with Crippen molar-refractivity contribution >= 4 is 34.6 Å². The van der Waals surface area contributed by atoms with E-state index in [9.17, 15) is 24.1 Å². The number of halogens is 1.